The summed E-state index contributed by atoms with van der Waals surface area (Å²) in [6, 6.07) is 0. The molecule has 2 rings (SSSR count). The first kappa shape index (κ1) is 16.6. The lowest BCUT2D eigenvalue weighted by Crippen LogP contribution is -2.41. The Morgan fingerprint density at radius 3 is 2.76 bits per heavy atom. The van der Waals surface area contributed by atoms with Gasteiger partial charge in [-0.2, -0.15) is 0 Å². The highest BCUT2D eigenvalue weighted by Crippen LogP contribution is 2.38. The van der Waals surface area contributed by atoms with Crippen LogP contribution in [0.15, 0.2) is 4.99 Å². The van der Waals surface area contributed by atoms with Crippen molar-refractivity contribution in [3.63, 3.8) is 0 Å². The van der Waals surface area contributed by atoms with Gasteiger partial charge in [0.15, 0.2) is 5.96 Å². The van der Waals surface area contributed by atoms with E-state index in [1.54, 1.807) is 0 Å². The first-order valence-electron chi connectivity index (χ1n) is 8.55. The average Bonchev–Trinajstić information content (AvgIpc) is 3.03. The maximum atomic E-state index is 5.62. The predicted octanol–water partition coefficient (Wildman–Crippen LogP) is 2.89. The lowest BCUT2D eigenvalue weighted by Gasteiger charge is -2.25. The third-order valence-corrected chi connectivity index (χ3v) is 4.60. The number of nitrogens with one attached hydrogen (secondary N) is 1. The second-order valence-corrected chi connectivity index (χ2v) is 7.87. The molecule has 0 radical (unpaired) electrons. The summed E-state index contributed by atoms with van der Waals surface area (Å²) in [7, 11) is 0. The Morgan fingerprint density at radius 1 is 1.33 bits per heavy atom. The van der Waals surface area contributed by atoms with Crippen LogP contribution in [0, 0.1) is 10.8 Å². The Bertz CT molecular complexity index is 354. The Hall–Kier alpha value is -0.770. The van der Waals surface area contributed by atoms with E-state index in [0.29, 0.717) is 10.8 Å². The number of ether oxygens (including phenoxy) is 1. The number of aliphatic imine (C=N–C) groups is 1. The molecule has 0 aromatic rings. The van der Waals surface area contributed by atoms with E-state index in [2.05, 4.69) is 37.9 Å². The highest BCUT2D eigenvalue weighted by Gasteiger charge is 2.42. The van der Waals surface area contributed by atoms with Crippen molar-refractivity contribution in [2.75, 3.05) is 39.4 Å². The van der Waals surface area contributed by atoms with Crippen molar-refractivity contribution < 1.29 is 4.74 Å². The van der Waals surface area contributed by atoms with Crippen LogP contribution in [0.5, 0.6) is 0 Å². The van der Waals surface area contributed by atoms with Crippen molar-refractivity contribution in [1.82, 2.24) is 10.2 Å². The molecule has 2 fully saturated rings. The van der Waals surface area contributed by atoms with E-state index in [9.17, 15) is 0 Å². The van der Waals surface area contributed by atoms with Crippen LogP contribution in [-0.4, -0.2) is 50.3 Å². The normalized spacial score (nSPS) is 26.9. The lowest BCUT2D eigenvalue weighted by molar-refractivity contribution is 0.156. The van der Waals surface area contributed by atoms with Gasteiger partial charge in [-0.3, -0.25) is 4.99 Å². The fourth-order valence-electron chi connectivity index (χ4n) is 3.31. The summed E-state index contributed by atoms with van der Waals surface area (Å²) in [6.45, 7) is 15.0. The summed E-state index contributed by atoms with van der Waals surface area (Å²) in [6.07, 6.45) is 4.86. The smallest absolute Gasteiger partial charge is 0.193 e. The monoisotopic (exact) mass is 295 g/mol. The average molecular weight is 295 g/mol. The molecule has 0 bridgehead atoms. The number of guanidine groups is 1. The molecule has 1 N–H and O–H groups in total. The standard InChI is InChI=1S/C17H33N3O/c1-5-18-15(19-10-6-7-16(2,3)4)20-11-8-17(13-20)9-12-21-14-17/h5-14H2,1-4H3,(H,18,19). The van der Waals surface area contributed by atoms with Crippen LogP contribution in [0.4, 0.5) is 0 Å². The van der Waals surface area contributed by atoms with Crippen LogP contribution in [0.3, 0.4) is 0 Å². The molecular formula is C17H33N3O. The summed E-state index contributed by atoms with van der Waals surface area (Å²) in [5, 5.41) is 3.46. The van der Waals surface area contributed by atoms with E-state index < -0.39 is 0 Å². The zero-order valence-electron chi connectivity index (χ0n) is 14.4. The molecule has 2 aliphatic rings. The molecule has 0 aromatic carbocycles. The highest BCUT2D eigenvalue weighted by atomic mass is 16.5. The zero-order valence-corrected chi connectivity index (χ0v) is 14.4. The summed E-state index contributed by atoms with van der Waals surface area (Å²) < 4.78 is 5.62. The van der Waals surface area contributed by atoms with E-state index in [4.69, 9.17) is 9.73 Å². The Morgan fingerprint density at radius 2 is 2.14 bits per heavy atom. The number of rotatable bonds is 4. The first-order chi connectivity index (χ1) is 9.94. The topological polar surface area (TPSA) is 36.9 Å². The van der Waals surface area contributed by atoms with E-state index in [-0.39, 0.29) is 0 Å². The summed E-state index contributed by atoms with van der Waals surface area (Å²) in [5.41, 5.74) is 0.814. The number of hydrogen-bond acceptors (Lipinski definition) is 2. The van der Waals surface area contributed by atoms with E-state index in [1.807, 2.05) is 0 Å². The molecule has 1 unspecified atom stereocenters. The molecule has 4 nitrogen and oxygen atoms in total. The molecule has 2 aliphatic heterocycles. The number of likely N-dealkylation sites (tertiary alicyclic amines) is 1. The van der Waals surface area contributed by atoms with Crippen LogP contribution >= 0.6 is 0 Å². The van der Waals surface area contributed by atoms with Gasteiger partial charge in [0.25, 0.3) is 0 Å². The van der Waals surface area contributed by atoms with Gasteiger partial charge >= 0.3 is 0 Å². The van der Waals surface area contributed by atoms with Gasteiger partial charge < -0.3 is 15.0 Å². The van der Waals surface area contributed by atoms with Crippen LogP contribution < -0.4 is 5.32 Å². The minimum Gasteiger partial charge on any atom is -0.381 e. The van der Waals surface area contributed by atoms with E-state index >= 15 is 0 Å². The van der Waals surface area contributed by atoms with E-state index in [1.165, 1.54) is 25.7 Å². The zero-order chi connectivity index (χ0) is 15.3. The molecule has 21 heavy (non-hydrogen) atoms. The van der Waals surface area contributed by atoms with Crippen LogP contribution in [-0.2, 0) is 4.74 Å². The number of nitrogens with zero attached hydrogens (tertiary/aromatic N) is 2. The van der Waals surface area contributed by atoms with Gasteiger partial charge in [0.05, 0.1) is 6.61 Å². The van der Waals surface area contributed by atoms with Gasteiger partial charge in [0, 0.05) is 38.2 Å². The predicted molar refractivity (Wildman–Crippen MR) is 88.7 cm³/mol. The van der Waals surface area contributed by atoms with Crippen molar-refractivity contribution in [2.24, 2.45) is 15.8 Å². The largest absolute Gasteiger partial charge is 0.381 e. The first-order valence-corrected chi connectivity index (χ1v) is 8.55. The SMILES string of the molecule is CCNC(=NCCCC(C)(C)C)N1CCC2(CCOC2)C1. The van der Waals surface area contributed by atoms with Gasteiger partial charge in [0.2, 0.25) is 0 Å². The maximum Gasteiger partial charge on any atom is 0.193 e. The van der Waals surface area contributed by atoms with Crippen molar-refractivity contribution >= 4 is 5.96 Å². The van der Waals surface area contributed by atoms with Gasteiger partial charge in [-0.25, -0.2) is 0 Å². The molecule has 122 valence electrons. The van der Waals surface area contributed by atoms with Gasteiger partial charge in [-0.1, -0.05) is 20.8 Å². The second-order valence-electron chi connectivity index (χ2n) is 7.87. The lowest BCUT2D eigenvalue weighted by atomic mass is 9.87. The van der Waals surface area contributed by atoms with Gasteiger partial charge in [-0.15, -0.1) is 0 Å². The van der Waals surface area contributed by atoms with Crippen LogP contribution in [0.2, 0.25) is 0 Å². The van der Waals surface area contributed by atoms with Crippen LogP contribution in [0.1, 0.15) is 53.4 Å². The molecular weight excluding hydrogens is 262 g/mol. The molecule has 1 spiro atoms. The van der Waals surface area contributed by atoms with Crippen LogP contribution in [0.25, 0.3) is 0 Å². The van der Waals surface area contributed by atoms with E-state index in [0.717, 1.165) is 45.4 Å². The Kier molecular flexibility index (Phi) is 5.53. The summed E-state index contributed by atoms with van der Waals surface area (Å²) in [4.78, 5) is 7.28. The molecule has 0 saturated carbocycles. The van der Waals surface area contributed by atoms with Crippen molar-refractivity contribution in [3.05, 3.63) is 0 Å². The van der Waals surface area contributed by atoms with Crippen molar-refractivity contribution in [2.45, 2.75) is 53.4 Å². The summed E-state index contributed by atoms with van der Waals surface area (Å²) >= 11 is 0. The van der Waals surface area contributed by atoms with Crippen molar-refractivity contribution in [3.8, 4) is 0 Å². The van der Waals surface area contributed by atoms with Gasteiger partial charge in [-0.05, 0) is 38.0 Å². The molecule has 0 aromatic heterocycles. The fraction of sp³-hybridized carbons (Fsp3) is 0.941. The fourth-order valence-corrected chi connectivity index (χ4v) is 3.31. The molecule has 1 atom stereocenters. The quantitative estimate of drug-likeness (QED) is 0.492. The number of hydrogen-bond donors (Lipinski definition) is 1. The Labute approximate surface area is 130 Å². The molecule has 2 saturated heterocycles. The minimum atomic E-state index is 0.404. The highest BCUT2D eigenvalue weighted by molar-refractivity contribution is 5.80. The molecule has 0 aliphatic carbocycles. The van der Waals surface area contributed by atoms with Gasteiger partial charge in [0.1, 0.15) is 0 Å². The second kappa shape index (κ2) is 6.99. The Balaban J connectivity index is 1.86. The molecule has 0 amide bonds. The third kappa shape index (κ3) is 4.87. The third-order valence-electron chi connectivity index (χ3n) is 4.60. The van der Waals surface area contributed by atoms with Crippen molar-refractivity contribution in [1.29, 1.82) is 0 Å². The molecule has 2 heterocycles. The summed E-state index contributed by atoms with van der Waals surface area (Å²) in [5.74, 6) is 1.11. The minimum absolute atomic E-state index is 0.404. The maximum absolute atomic E-state index is 5.62. The molecule has 4 heteroatoms.